The highest BCUT2D eigenvalue weighted by Crippen LogP contribution is 2.23. The molecule has 0 unspecified atom stereocenters. The Hall–Kier alpha value is -2.16. The number of ether oxygens (including phenoxy) is 1. The molecule has 3 heteroatoms. The number of rotatable bonds is 4. The number of hydrogen-bond donors (Lipinski definition) is 0. The molecule has 0 fully saturated rings. The van der Waals surface area contributed by atoms with Crippen LogP contribution in [0.15, 0.2) is 48.5 Å². The fourth-order valence-corrected chi connectivity index (χ4v) is 1.91. The van der Waals surface area contributed by atoms with Crippen molar-refractivity contribution in [3.8, 4) is 11.1 Å². The minimum absolute atomic E-state index is 0.265. The fraction of sp³-hybridized carbons (Fsp3) is 0.188. The van der Waals surface area contributed by atoms with Crippen LogP contribution in [0.5, 0.6) is 0 Å². The van der Waals surface area contributed by atoms with Crippen LogP contribution in [0, 0.1) is 5.82 Å². The van der Waals surface area contributed by atoms with E-state index < -0.39 is 0 Å². The molecular formula is C16H15FO2. The largest absolute Gasteiger partial charge is 0.469 e. The number of halogens is 1. The molecule has 0 bridgehead atoms. The molecule has 98 valence electrons. The highest BCUT2D eigenvalue weighted by atomic mass is 19.1. The summed E-state index contributed by atoms with van der Waals surface area (Å²) in [6.45, 7) is 0. The number of aryl methyl sites for hydroxylation is 1. The van der Waals surface area contributed by atoms with Gasteiger partial charge in [0, 0.05) is 12.0 Å². The van der Waals surface area contributed by atoms with E-state index in [1.165, 1.54) is 13.2 Å². The van der Waals surface area contributed by atoms with Crippen LogP contribution >= 0.6 is 0 Å². The first kappa shape index (κ1) is 13.3. The molecule has 2 aromatic carbocycles. The molecule has 0 saturated carbocycles. The molecular weight excluding hydrogens is 243 g/mol. The Labute approximate surface area is 111 Å². The van der Waals surface area contributed by atoms with Gasteiger partial charge in [-0.3, -0.25) is 4.79 Å². The van der Waals surface area contributed by atoms with Crippen LogP contribution in [0.2, 0.25) is 0 Å². The zero-order valence-corrected chi connectivity index (χ0v) is 10.7. The van der Waals surface area contributed by atoms with Crippen molar-refractivity contribution in [2.24, 2.45) is 0 Å². The zero-order chi connectivity index (χ0) is 13.7. The van der Waals surface area contributed by atoms with Crippen molar-refractivity contribution in [2.45, 2.75) is 12.8 Å². The van der Waals surface area contributed by atoms with Crippen molar-refractivity contribution in [1.82, 2.24) is 0 Å². The quantitative estimate of drug-likeness (QED) is 0.783. The first-order chi connectivity index (χ1) is 9.20. The minimum Gasteiger partial charge on any atom is -0.469 e. The molecule has 0 radical (unpaired) electrons. The maximum Gasteiger partial charge on any atom is 0.305 e. The number of esters is 1. The van der Waals surface area contributed by atoms with E-state index in [1.807, 2.05) is 36.4 Å². The smallest absolute Gasteiger partial charge is 0.305 e. The zero-order valence-electron chi connectivity index (χ0n) is 10.7. The molecule has 0 saturated heterocycles. The SMILES string of the molecule is COC(=O)CCc1ccc(-c2ccccc2)c(F)c1. The van der Waals surface area contributed by atoms with Gasteiger partial charge in [0.2, 0.25) is 0 Å². The van der Waals surface area contributed by atoms with Gasteiger partial charge in [0.1, 0.15) is 5.82 Å². The standard InChI is InChI=1S/C16H15FO2/c1-19-16(18)10-8-12-7-9-14(15(17)11-12)13-5-3-2-4-6-13/h2-7,9,11H,8,10H2,1H3. The summed E-state index contributed by atoms with van der Waals surface area (Å²) in [5.41, 5.74) is 2.21. The van der Waals surface area contributed by atoms with Gasteiger partial charge in [-0.1, -0.05) is 42.5 Å². The molecule has 0 atom stereocenters. The summed E-state index contributed by atoms with van der Waals surface area (Å²) in [7, 11) is 1.35. The van der Waals surface area contributed by atoms with Gasteiger partial charge in [0.25, 0.3) is 0 Å². The highest BCUT2D eigenvalue weighted by molar-refractivity contribution is 5.69. The number of carbonyl (C=O) groups is 1. The Balaban J connectivity index is 2.16. The lowest BCUT2D eigenvalue weighted by atomic mass is 10.0. The lowest BCUT2D eigenvalue weighted by molar-refractivity contribution is -0.140. The Morgan fingerprint density at radius 3 is 2.53 bits per heavy atom. The second-order valence-electron chi connectivity index (χ2n) is 4.26. The van der Waals surface area contributed by atoms with Gasteiger partial charge in [-0.25, -0.2) is 4.39 Å². The van der Waals surface area contributed by atoms with Gasteiger partial charge in [0.05, 0.1) is 7.11 Å². The number of carbonyl (C=O) groups excluding carboxylic acids is 1. The van der Waals surface area contributed by atoms with Crippen LogP contribution < -0.4 is 0 Å². The Morgan fingerprint density at radius 2 is 1.89 bits per heavy atom. The van der Waals surface area contributed by atoms with Crippen molar-refractivity contribution in [2.75, 3.05) is 7.11 Å². The second kappa shape index (κ2) is 6.14. The average Bonchev–Trinajstić information content (AvgIpc) is 2.45. The van der Waals surface area contributed by atoms with Crippen LogP contribution in [-0.2, 0) is 16.0 Å². The molecule has 2 nitrogen and oxygen atoms in total. The summed E-state index contributed by atoms with van der Waals surface area (Å²) >= 11 is 0. The van der Waals surface area contributed by atoms with Crippen molar-refractivity contribution in [1.29, 1.82) is 0 Å². The van der Waals surface area contributed by atoms with Crippen molar-refractivity contribution < 1.29 is 13.9 Å². The molecule has 0 amide bonds. The number of methoxy groups -OCH3 is 1. The third kappa shape index (κ3) is 3.41. The van der Waals surface area contributed by atoms with E-state index in [9.17, 15) is 9.18 Å². The van der Waals surface area contributed by atoms with Gasteiger partial charge in [-0.15, -0.1) is 0 Å². The molecule has 0 aliphatic heterocycles. The van der Waals surface area contributed by atoms with Crippen LogP contribution in [0.4, 0.5) is 4.39 Å². The van der Waals surface area contributed by atoms with Gasteiger partial charge in [-0.05, 0) is 23.6 Å². The predicted octanol–water partition coefficient (Wildman–Crippen LogP) is 3.60. The van der Waals surface area contributed by atoms with E-state index in [-0.39, 0.29) is 18.2 Å². The Bertz CT molecular complexity index is 564. The van der Waals surface area contributed by atoms with Crippen LogP contribution in [0.3, 0.4) is 0 Å². The van der Waals surface area contributed by atoms with Gasteiger partial charge in [0.15, 0.2) is 0 Å². The maximum absolute atomic E-state index is 14.0. The fourth-order valence-electron chi connectivity index (χ4n) is 1.91. The predicted molar refractivity (Wildman–Crippen MR) is 72.2 cm³/mol. The van der Waals surface area contributed by atoms with Crippen LogP contribution in [0.1, 0.15) is 12.0 Å². The van der Waals surface area contributed by atoms with E-state index in [1.54, 1.807) is 6.07 Å². The van der Waals surface area contributed by atoms with Crippen LogP contribution in [-0.4, -0.2) is 13.1 Å². The molecule has 2 rings (SSSR count). The molecule has 0 aromatic heterocycles. The summed E-state index contributed by atoms with van der Waals surface area (Å²) in [4.78, 5) is 11.0. The first-order valence-corrected chi connectivity index (χ1v) is 6.11. The van der Waals surface area contributed by atoms with Crippen molar-refractivity contribution >= 4 is 5.97 Å². The molecule has 0 spiro atoms. The third-order valence-electron chi connectivity index (χ3n) is 2.96. The molecule has 0 aliphatic rings. The lowest BCUT2D eigenvalue weighted by Gasteiger charge is -2.06. The van der Waals surface area contributed by atoms with Crippen LogP contribution in [0.25, 0.3) is 11.1 Å². The summed E-state index contributed by atoms with van der Waals surface area (Å²) in [6.07, 6.45) is 0.749. The highest BCUT2D eigenvalue weighted by Gasteiger charge is 2.07. The Kier molecular flexibility index (Phi) is 4.29. The molecule has 0 aliphatic carbocycles. The topological polar surface area (TPSA) is 26.3 Å². The van der Waals surface area contributed by atoms with E-state index in [2.05, 4.69) is 4.74 Å². The van der Waals surface area contributed by atoms with Gasteiger partial charge < -0.3 is 4.74 Å². The molecule has 0 heterocycles. The summed E-state index contributed by atoms with van der Waals surface area (Å²) in [6, 6.07) is 14.4. The van der Waals surface area contributed by atoms with Crippen molar-refractivity contribution in [3.63, 3.8) is 0 Å². The average molecular weight is 258 g/mol. The van der Waals surface area contributed by atoms with Gasteiger partial charge in [-0.2, -0.15) is 0 Å². The molecule has 2 aromatic rings. The molecule has 19 heavy (non-hydrogen) atoms. The minimum atomic E-state index is -0.285. The van der Waals surface area contributed by atoms with E-state index in [4.69, 9.17) is 0 Å². The number of hydrogen-bond acceptors (Lipinski definition) is 2. The van der Waals surface area contributed by atoms with Crippen molar-refractivity contribution in [3.05, 3.63) is 59.9 Å². The normalized spacial score (nSPS) is 10.2. The summed E-state index contributed by atoms with van der Waals surface area (Å²) < 4.78 is 18.6. The monoisotopic (exact) mass is 258 g/mol. The van der Waals surface area contributed by atoms with E-state index >= 15 is 0 Å². The summed E-state index contributed by atoms with van der Waals surface area (Å²) in [5.74, 6) is -0.555. The Morgan fingerprint density at radius 1 is 1.16 bits per heavy atom. The van der Waals surface area contributed by atoms with E-state index in [0.717, 1.165) is 11.1 Å². The van der Waals surface area contributed by atoms with E-state index in [0.29, 0.717) is 12.0 Å². The number of benzene rings is 2. The maximum atomic E-state index is 14.0. The first-order valence-electron chi connectivity index (χ1n) is 6.11. The lowest BCUT2D eigenvalue weighted by Crippen LogP contribution is -2.02. The molecule has 0 N–H and O–H groups in total. The third-order valence-corrected chi connectivity index (χ3v) is 2.96. The second-order valence-corrected chi connectivity index (χ2v) is 4.26. The van der Waals surface area contributed by atoms with Gasteiger partial charge >= 0.3 is 5.97 Å². The summed E-state index contributed by atoms with van der Waals surface area (Å²) in [5, 5.41) is 0.